The van der Waals surface area contributed by atoms with E-state index in [9.17, 15) is 0 Å². The Bertz CT molecular complexity index is 393. The van der Waals surface area contributed by atoms with E-state index in [1.54, 1.807) is 0 Å². The van der Waals surface area contributed by atoms with E-state index in [1.807, 2.05) is 30.3 Å². The minimum Gasteiger partial charge on any atom is -0.0622 e. The van der Waals surface area contributed by atoms with Crippen LogP contribution >= 0.6 is 15.9 Å². The second kappa shape index (κ2) is 3.75. The van der Waals surface area contributed by atoms with Gasteiger partial charge in [-0.15, -0.1) is 0 Å². The zero-order valence-electron chi connectivity index (χ0n) is 7.00. The van der Waals surface area contributed by atoms with Gasteiger partial charge >= 0.3 is 0 Å². The summed E-state index contributed by atoms with van der Waals surface area (Å²) in [6.45, 7) is 0. The van der Waals surface area contributed by atoms with E-state index < -0.39 is 0 Å². The van der Waals surface area contributed by atoms with Gasteiger partial charge in [-0.1, -0.05) is 52.3 Å². The average Bonchev–Trinajstić information content (AvgIpc) is 2.19. The first-order chi connectivity index (χ1) is 6.36. The summed E-state index contributed by atoms with van der Waals surface area (Å²) in [7, 11) is 0. The molecule has 0 aliphatic heterocycles. The van der Waals surface area contributed by atoms with Gasteiger partial charge in [0.25, 0.3) is 0 Å². The summed E-state index contributed by atoms with van der Waals surface area (Å²) in [6, 6.07) is 19.4. The molecule has 0 aliphatic rings. The first-order valence-corrected chi connectivity index (χ1v) is 4.88. The minimum atomic E-state index is 1.09. The largest absolute Gasteiger partial charge is 0.0622 e. The van der Waals surface area contributed by atoms with E-state index in [2.05, 4.69) is 40.2 Å². The summed E-state index contributed by atoms with van der Waals surface area (Å²) in [5.41, 5.74) is 2.32. The van der Waals surface area contributed by atoms with Crippen LogP contribution in [0, 0.1) is 6.07 Å². The fraction of sp³-hybridized carbons (Fsp3) is 0. The highest BCUT2D eigenvalue weighted by Crippen LogP contribution is 2.21. The summed E-state index contributed by atoms with van der Waals surface area (Å²) in [4.78, 5) is 0. The molecule has 13 heavy (non-hydrogen) atoms. The summed E-state index contributed by atoms with van der Waals surface area (Å²) in [5, 5.41) is 0. The van der Waals surface area contributed by atoms with Crippen molar-refractivity contribution in [3.63, 3.8) is 0 Å². The van der Waals surface area contributed by atoms with Gasteiger partial charge in [-0.05, 0) is 29.3 Å². The maximum absolute atomic E-state index is 3.44. The molecule has 2 aromatic rings. The third kappa shape index (κ3) is 1.99. The zero-order valence-corrected chi connectivity index (χ0v) is 8.58. The van der Waals surface area contributed by atoms with Crippen LogP contribution in [-0.2, 0) is 0 Å². The Kier molecular flexibility index (Phi) is 2.46. The molecule has 0 nitrogen and oxygen atoms in total. The van der Waals surface area contributed by atoms with Crippen molar-refractivity contribution in [3.05, 3.63) is 59.1 Å². The summed E-state index contributed by atoms with van der Waals surface area (Å²) in [6.07, 6.45) is 0. The first-order valence-electron chi connectivity index (χ1n) is 4.09. The number of halogens is 1. The third-order valence-corrected chi connectivity index (χ3v) is 2.34. The second-order valence-corrected chi connectivity index (χ2v) is 3.70. The molecule has 63 valence electrons. The van der Waals surface area contributed by atoms with Gasteiger partial charge in [-0.2, -0.15) is 0 Å². The predicted octanol–water partition coefficient (Wildman–Crippen LogP) is 3.92. The van der Waals surface area contributed by atoms with Crippen molar-refractivity contribution < 1.29 is 0 Å². The van der Waals surface area contributed by atoms with E-state index in [1.165, 1.54) is 5.56 Å². The molecule has 0 atom stereocenters. The molecule has 0 aromatic heterocycles. The van der Waals surface area contributed by atoms with Crippen molar-refractivity contribution in [1.29, 1.82) is 0 Å². The Hall–Kier alpha value is -1.08. The topological polar surface area (TPSA) is 0 Å². The molecule has 0 fully saturated rings. The Morgan fingerprint density at radius 3 is 2.46 bits per heavy atom. The van der Waals surface area contributed by atoms with Gasteiger partial charge in [0, 0.05) is 4.47 Å². The number of rotatable bonds is 1. The van der Waals surface area contributed by atoms with Crippen LogP contribution in [0.2, 0.25) is 0 Å². The lowest BCUT2D eigenvalue weighted by atomic mass is 10.1. The van der Waals surface area contributed by atoms with Gasteiger partial charge in [-0.3, -0.25) is 0 Å². The van der Waals surface area contributed by atoms with Crippen LogP contribution in [0.3, 0.4) is 0 Å². The molecule has 1 heteroatoms. The molecular formula is C12H8Br. The Labute approximate surface area is 86.4 Å². The van der Waals surface area contributed by atoms with Crippen molar-refractivity contribution in [3.8, 4) is 11.1 Å². The molecule has 2 aromatic carbocycles. The fourth-order valence-corrected chi connectivity index (χ4v) is 1.58. The molecule has 0 saturated carbocycles. The van der Waals surface area contributed by atoms with Crippen LogP contribution < -0.4 is 0 Å². The van der Waals surface area contributed by atoms with Crippen molar-refractivity contribution in [2.45, 2.75) is 0 Å². The van der Waals surface area contributed by atoms with E-state index in [0.29, 0.717) is 0 Å². The molecule has 0 N–H and O–H groups in total. The monoisotopic (exact) mass is 231 g/mol. The van der Waals surface area contributed by atoms with Crippen LogP contribution in [0.5, 0.6) is 0 Å². The van der Waals surface area contributed by atoms with Gasteiger partial charge in [0.05, 0.1) is 0 Å². The van der Waals surface area contributed by atoms with Gasteiger partial charge in [0.2, 0.25) is 0 Å². The van der Waals surface area contributed by atoms with E-state index in [4.69, 9.17) is 0 Å². The van der Waals surface area contributed by atoms with E-state index in [-0.39, 0.29) is 0 Å². The molecule has 0 amide bonds. The third-order valence-electron chi connectivity index (χ3n) is 1.85. The lowest BCUT2D eigenvalue weighted by Gasteiger charge is -2.00. The average molecular weight is 232 g/mol. The maximum Gasteiger partial charge on any atom is 0.0181 e. The molecule has 0 aliphatic carbocycles. The summed E-state index contributed by atoms with van der Waals surface area (Å²) in [5.74, 6) is 0. The number of benzene rings is 2. The van der Waals surface area contributed by atoms with E-state index >= 15 is 0 Å². The van der Waals surface area contributed by atoms with E-state index in [0.717, 1.165) is 10.0 Å². The quantitative estimate of drug-likeness (QED) is 0.699. The van der Waals surface area contributed by atoms with Crippen LogP contribution in [-0.4, -0.2) is 0 Å². The van der Waals surface area contributed by atoms with Crippen molar-refractivity contribution in [2.75, 3.05) is 0 Å². The molecule has 0 spiro atoms. The molecule has 0 unspecified atom stereocenters. The molecule has 0 heterocycles. The second-order valence-electron chi connectivity index (χ2n) is 2.79. The Morgan fingerprint density at radius 2 is 1.77 bits per heavy atom. The van der Waals surface area contributed by atoms with Gasteiger partial charge in [0.1, 0.15) is 0 Å². The van der Waals surface area contributed by atoms with Crippen molar-refractivity contribution in [1.82, 2.24) is 0 Å². The predicted molar refractivity (Wildman–Crippen MR) is 58.4 cm³/mol. The van der Waals surface area contributed by atoms with Crippen LogP contribution in [0.25, 0.3) is 11.1 Å². The molecule has 0 saturated heterocycles. The SMILES string of the molecule is Brc1cc[c]c(-c2ccccc2)c1. The van der Waals surface area contributed by atoms with Crippen molar-refractivity contribution in [2.24, 2.45) is 0 Å². The van der Waals surface area contributed by atoms with Gasteiger partial charge in [-0.25, -0.2) is 0 Å². The highest BCUT2D eigenvalue weighted by atomic mass is 79.9. The standard InChI is InChI=1S/C12H8Br/c13-12-8-4-7-11(9-12)10-5-2-1-3-6-10/h1-6,8-9H. The normalized spacial score (nSPS) is 9.92. The molecule has 1 radical (unpaired) electrons. The molecule has 0 bridgehead atoms. The van der Waals surface area contributed by atoms with Gasteiger partial charge in [0.15, 0.2) is 0 Å². The fourth-order valence-electron chi connectivity index (χ4n) is 1.22. The molecular weight excluding hydrogens is 224 g/mol. The Morgan fingerprint density at radius 1 is 1.00 bits per heavy atom. The Balaban J connectivity index is 2.48. The first kappa shape index (κ1) is 8.52. The summed E-state index contributed by atoms with van der Waals surface area (Å²) >= 11 is 3.44. The smallest absolute Gasteiger partial charge is 0.0181 e. The number of hydrogen-bond acceptors (Lipinski definition) is 0. The summed E-state index contributed by atoms with van der Waals surface area (Å²) < 4.78 is 1.09. The van der Waals surface area contributed by atoms with Crippen LogP contribution in [0.1, 0.15) is 0 Å². The highest BCUT2D eigenvalue weighted by molar-refractivity contribution is 9.10. The van der Waals surface area contributed by atoms with Crippen LogP contribution in [0.4, 0.5) is 0 Å². The number of hydrogen-bond donors (Lipinski definition) is 0. The lowest BCUT2D eigenvalue weighted by Crippen LogP contribution is -1.76. The highest BCUT2D eigenvalue weighted by Gasteiger charge is 1.95. The lowest BCUT2D eigenvalue weighted by molar-refractivity contribution is 1.58. The maximum atomic E-state index is 3.44. The van der Waals surface area contributed by atoms with Gasteiger partial charge < -0.3 is 0 Å². The van der Waals surface area contributed by atoms with Crippen molar-refractivity contribution >= 4 is 15.9 Å². The van der Waals surface area contributed by atoms with Crippen LogP contribution in [0.15, 0.2) is 53.0 Å². The minimum absolute atomic E-state index is 1.09. The zero-order chi connectivity index (χ0) is 9.10. The molecule has 2 rings (SSSR count).